The van der Waals surface area contributed by atoms with Gasteiger partial charge in [0.2, 0.25) is 0 Å². The maximum Gasteiger partial charge on any atom is 0.338 e. The number of rotatable bonds is 7. The molecule has 3 aromatic rings. The predicted octanol–water partition coefficient (Wildman–Crippen LogP) is 4.30. The van der Waals surface area contributed by atoms with E-state index < -0.39 is 5.97 Å². The largest absolute Gasteiger partial charge is 0.489 e. The molecule has 1 N–H and O–H groups in total. The maximum atomic E-state index is 12.4. The van der Waals surface area contributed by atoms with Crippen molar-refractivity contribution in [3.63, 3.8) is 0 Å². The van der Waals surface area contributed by atoms with Crippen molar-refractivity contribution >= 4 is 17.6 Å². The molecule has 29 heavy (non-hydrogen) atoms. The van der Waals surface area contributed by atoms with Gasteiger partial charge >= 0.3 is 5.97 Å². The first kappa shape index (κ1) is 20.1. The fraction of sp³-hybridized carbons (Fsp3) is 0.227. The normalized spacial score (nSPS) is 10.4. The van der Waals surface area contributed by atoms with E-state index in [1.54, 1.807) is 55.5 Å². The minimum atomic E-state index is -0.391. The monoisotopic (exact) mass is 394 g/mol. The smallest absolute Gasteiger partial charge is 0.338 e. The maximum absolute atomic E-state index is 12.4. The molecule has 0 aliphatic rings. The number of esters is 1. The molecule has 3 rings (SSSR count). The summed E-state index contributed by atoms with van der Waals surface area (Å²) in [4.78, 5) is 24.1. The Hall–Kier alpha value is -3.61. The third kappa shape index (κ3) is 5.01. The number of ether oxygens (including phenoxy) is 2. The average molecular weight is 394 g/mol. The van der Waals surface area contributed by atoms with Gasteiger partial charge < -0.3 is 19.3 Å². The van der Waals surface area contributed by atoms with Gasteiger partial charge in [-0.1, -0.05) is 5.16 Å². The Morgan fingerprint density at radius 1 is 1.00 bits per heavy atom. The van der Waals surface area contributed by atoms with Gasteiger partial charge in [0.05, 0.1) is 23.4 Å². The van der Waals surface area contributed by atoms with Crippen molar-refractivity contribution in [3.8, 4) is 5.75 Å². The van der Waals surface area contributed by atoms with Crippen LogP contribution in [0.15, 0.2) is 53.1 Å². The van der Waals surface area contributed by atoms with Crippen molar-refractivity contribution in [3.05, 3.63) is 76.7 Å². The zero-order chi connectivity index (χ0) is 20.8. The third-order valence-corrected chi connectivity index (χ3v) is 4.33. The number of hydrogen-bond donors (Lipinski definition) is 1. The average Bonchev–Trinajstić information content (AvgIpc) is 3.05. The van der Waals surface area contributed by atoms with Crippen LogP contribution in [0.1, 0.15) is 44.7 Å². The predicted molar refractivity (Wildman–Crippen MR) is 107 cm³/mol. The second-order valence-corrected chi connectivity index (χ2v) is 6.37. The van der Waals surface area contributed by atoms with Crippen LogP contribution in [0, 0.1) is 13.8 Å². The van der Waals surface area contributed by atoms with Gasteiger partial charge in [0.15, 0.2) is 0 Å². The first-order valence-electron chi connectivity index (χ1n) is 9.21. The molecule has 2 aromatic carbocycles. The number of aromatic nitrogens is 1. The summed E-state index contributed by atoms with van der Waals surface area (Å²) in [6.45, 7) is 6.11. The van der Waals surface area contributed by atoms with E-state index in [-0.39, 0.29) is 5.91 Å². The Labute approximate surface area is 168 Å². The first-order valence-corrected chi connectivity index (χ1v) is 9.21. The SMILES string of the molecule is CCOC(=O)c1ccc(NC(=O)c2ccc(OCc3c(C)noc3C)cc2)cc1. The first-order chi connectivity index (χ1) is 14.0. The summed E-state index contributed by atoms with van der Waals surface area (Å²) >= 11 is 0. The zero-order valence-corrected chi connectivity index (χ0v) is 16.5. The number of carbonyl (C=O) groups excluding carboxylic acids is 2. The van der Waals surface area contributed by atoms with E-state index in [1.165, 1.54) is 0 Å². The van der Waals surface area contributed by atoms with Crippen LogP contribution in [0.2, 0.25) is 0 Å². The van der Waals surface area contributed by atoms with Gasteiger partial charge in [-0.05, 0) is 69.3 Å². The Morgan fingerprint density at radius 2 is 1.66 bits per heavy atom. The molecule has 1 amide bonds. The van der Waals surface area contributed by atoms with Crippen molar-refractivity contribution in [1.29, 1.82) is 0 Å². The summed E-state index contributed by atoms with van der Waals surface area (Å²) in [6, 6.07) is 13.4. The number of hydrogen-bond acceptors (Lipinski definition) is 6. The van der Waals surface area contributed by atoms with Crippen molar-refractivity contribution in [2.45, 2.75) is 27.4 Å². The molecule has 0 saturated carbocycles. The summed E-state index contributed by atoms with van der Waals surface area (Å²) < 4.78 is 15.8. The van der Waals surface area contributed by atoms with Gasteiger partial charge in [0.25, 0.3) is 5.91 Å². The summed E-state index contributed by atoms with van der Waals surface area (Å²) in [5.41, 5.74) is 3.22. The van der Waals surface area contributed by atoms with E-state index in [4.69, 9.17) is 14.0 Å². The Balaban J connectivity index is 1.58. The van der Waals surface area contributed by atoms with Crippen LogP contribution < -0.4 is 10.1 Å². The van der Waals surface area contributed by atoms with E-state index in [9.17, 15) is 9.59 Å². The van der Waals surface area contributed by atoms with Crippen LogP contribution in [-0.4, -0.2) is 23.6 Å². The number of benzene rings is 2. The Bertz CT molecular complexity index is 972. The lowest BCUT2D eigenvalue weighted by Gasteiger charge is -2.08. The van der Waals surface area contributed by atoms with Gasteiger partial charge in [-0.2, -0.15) is 0 Å². The molecular weight excluding hydrogens is 372 g/mol. The minimum absolute atomic E-state index is 0.258. The molecule has 0 atom stereocenters. The van der Waals surface area contributed by atoms with E-state index in [2.05, 4.69) is 10.5 Å². The Morgan fingerprint density at radius 3 is 2.24 bits per heavy atom. The van der Waals surface area contributed by atoms with Gasteiger partial charge in [-0.3, -0.25) is 4.79 Å². The summed E-state index contributed by atoms with van der Waals surface area (Å²) in [6.07, 6.45) is 0. The lowest BCUT2D eigenvalue weighted by atomic mass is 10.1. The molecule has 0 bridgehead atoms. The van der Waals surface area contributed by atoms with Crippen LogP contribution in [0.25, 0.3) is 0 Å². The highest BCUT2D eigenvalue weighted by Crippen LogP contribution is 2.19. The summed E-state index contributed by atoms with van der Waals surface area (Å²) in [5, 5.41) is 6.69. The fourth-order valence-corrected chi connectivity index (χ4v) is 2.67. The van der Waals surface area contributed by atoms with Crippen LogP contribution in [0.4, 0.5) is 5.69 Å². The van der Waals surface area contributed by atoms with Crippen LogP contribution in [0.3, 0.4) is 0 Å². The van der Waals surface area contributed by atoms with Crippen molar-refractivity contribution < 1.29 is 23.6 Å². The van der Waals surface area contributed by atoms with Crippen molar-refractivity contribution in [2.75, 3.05) is 11.9 Å². The highest BCUT2D eigenvalue weighted by Gasteiger charge is 2.11. The van der Waals surface area contributed by atoms with Gasteiger partial charge in [0, 0.05) is 11.3 Å². The lowest BCUT2D eigenvalue weighted by molar-refractivity contribution is 0.0526. The van der Waals surface area contributed by atoms with E-state index in [1.807, 2.05) is 13.8 Å². The lowest BCUT2D eigenvalue weighted by Crippen LogP contribution is -2.12. The standard InChI is InChI=1S/C22H22N2O5/c1-4-27-22(26)17-5-9-18(10-6-17)23-21(25)16-7-11-19(12-8-16)28-13-20-14(2)24-29-15(20)3/h5-12H,4,13H2,1-3H3,(H,23,25). The van der Waals surface area contributed by atoms with E-state index in [0.29, 0.717) is 35.8 Å². The van der Waals surface area contributed by atoms with Crippen LogP contribution >= 0.6 is 0 Å². The zero-order valence-electron chi connectivity index (χ0n) is 16.5. The number of anilines is 1. The summed E-state index contributed by atoms with van der Waals surface area (Å²) in [5.74, 6) is 0.719. The molecular formula is C22H22N2O5. The van der Waals surface area contributed by atoms with Crippen molar-refractivity contribution in [2.24, 2.45) is 0 Å². The number of nitrogens with one attached hydrogen (secondary N) is 1. The summed E-state index contributed by atoms with van der Waals surface area (Å²) in [7, 11) is 0. The molecule has 0 unspecified atom stereocenters. The third-order valence-electron chi connectivity index (χ3n) is 4.33. The number of aryl methyl sites for hydroxylation is 2. The van der Waals surface area contributed by atoms with Crippen molar-refractivity contribution in [1.82, 2.24) is 5.16 Å². The number of amides is 1. The van der Waals surface area contributed by atoms with E-state index in [0.717, 1.165) is 17.0 Å². The fourth-order valence-electron chi connectivity index (χ4n) is 2.67. The molecule has 0 radical (unpaired) electrons. The number of carbonyl (C=O) groups is 2. The minimum Gasteiger partial charge on any atom is -0.489 e. The Kier molecular flexibility index (Phi) is 6.29. The molecule has 1 heterocycles. The second kappa shape index (κ2) is 9.05. The molecule has 7 heteroatoms. The molecule has 1 aromatic heterocycles. The highest BCUT2D eigenvalue weighted by atomic mass is 16.5. The molecule has 0 fully saturated rings. The molecule has 0 saturated heterocycles. The highest BCUT2D eigenvalue weighted by molar-refractivity contribution is 6.04. The molecule has 150 valence electrons. The van der Waals surface area contributed by atoms with Crippen LogP contribution in [0.5, 0.6) is 5.75 Å². The molecule has 0 aliphatic carbocycles. The van der Waals surface area contributed by atoms with Gasteiger partial charge in [-0.15, -0.1) is 0 Å². The topological polar surface area (TPSA) is 90.7 Å². The molecule has 0 spiro atoms. The van der Waals surface area contributed by atoms with E-state index >= 15 is 0 Å². The van der Waals surface area contributed by atoms with Gasteiger partial charge in [-0.25, -0.2) is 4.79 Å². The quantitative estimate of drug-likeness (QED) is 0.601. The number of nitrogens with zero attached hydrogens (tertiary/aromatic N) is 1. The molecule has 7 nitrogen and oxygen atoms in total. The van der Waals surface area contributed by atoms with Crippen LogP contribution in [-0.2, 0) is 11.3 Å². The second-order valence-electron chi connectivity index (χ2n) is 6.37. The molecule has 0 aliphatic heterocycles. The van der Waals surface area contributed by atoms with Gasteiger partial charge in [0.1, 0.15) is 18.1 Å².